The molecule has 0 aliphatic carbocycles. The third-order valence-corrected chi connectivity index (χ3v) is 6.21. The molecule has 2 aromatic rings. The van der Waals surface area contributed by atoms with Gasteiger partial charge in [0.1, 0.15) is 5.75 Å². The first-order valence-corrected chi connectivity index (χ1v) is 13.5. The van der Waals surface area contributed by atoms with Crippen molar-refractivity contribution in [2.45, 2.75) is 110 Å². The van der Waals surface area contributed by atoms with Crippen LogP contribution in [0.4, 0.5) is 0 Å². The number of allylic oxidation sites excluding steroid dienone is 1. The van der Waals surface area contributed by atoms with Gasteiger partial charge in [-0.15, -0.1) is 6.58 Å². The van der Waals surface area contributed by atoms with Crippen molar-refractivity contribution in [3.8, 4) is 17.1 Å². The minimum absolute atomic E-state index is 0.783. The van der Waals surface area contributed by atoms with Crippen LogP contribution in [0, 0.1) is 0 Å². The summed E-state index contributed by atoms with van der Waals surface area (Å²) in [6.07, 6.45) is 26.6. The number of unbranched alkanes of at least 4 members (excludes halogenated alkanes) is 13. The van der Waals surface area contributed by atoms with E-state index in [4.69, 9.17) is 4.74 Å². The zero-order valence-electron chi connectivity index (χ0n) is 21.1. The molecule has 0 aliphatic heterocycles. The van der Waals surface area contributed by atoms with E-state index in [2.05, 4.69) is 35.6 Å². The number of aromatic nitrogens is 2. The van der Waals surface area contributed by atoms with E-state index in [9.17, 15) is 0 Å². The van der Waals surface area contributed by atoms with Crippen molar-refractivity contribution in [1.29, 1.82) is 0 Å². The number of hydrogen-bond donors (Lipinski definition) is 0. The van der Waals surface area contributed by atoms with E-state index < -0.39 is 0 Å². The molecule has 3 heteroatoms. The molecule has 0 spiro atoms. The SMILES string of the molecule is C=CCCCCCCCOc1ccc(-c2ncc(CCCCCCCCCCC)cn2)cc1. The third-order valence-electron chi connectivity index (χ3n) is 6.21. The van der Waals surface area contributed by atoms with E-state index in [1.54, 1.807) is 0 Å². The number of hydrogen-bond acceptors (Lipinski definition) is 3. The first-order chi connectivity index (χ1) is 16.3. The molecule has 33 heavy (non-hydrogen) atoms. The summed E-state index contributed by atoms with van der Waals surface area (Å²) in [5, 5.41) is 0. The predicted molar refractivity (Wildman–Crippen MR) is 142 cm³/mol. The molecule has 182 valence electrons. The standard InChI is InChI=1S/C30H46N2O/c1-3-5-7-9-11-12-13-15-17-19-27-25-31-30(32-26-27)28-20-22-29(23-21-28)33-24-18-16-14-10-8-6-4-2/h4,20-23,25-26H,2-3,5-19,24H2,1H3. The lowest BCUT2D eigenvalue weighted by Crippen LogP contribution is -1.97. The van der Waals surface area contributed by atoms with Crippen LogP contribution in [0.5, 0.6) is 5.75 Å². The molecule has 0 amide bonds. The van der Waals surface area contributed by atoms with Gasteiger partial charge in [-0.25, -0.2) is 9.97 Å². The summed E-state index contributed by atoms with van der Waals surface area (Å²) in [5.41, 5.74) is 2.28. The highest BCUT2D eigenvalue weighted by Crippen LogP contribution is 2.20. The van der Waals surface area contributed by atoms with Crippen LogP contribution >= 0.6 is 0 Å². The summed E-state index contributed by atoms with van der Waals surface area (Å²) in [6.45, 7) is 6.83. The highest BCUT2D eigenvalue weighted by atomic mass is 16.5. The average molecular weight is 451 g/mol. The second-order valence-electron chi connectivity index (χ2n) is 9.21. The van der Waals surface area contributed by atoms with Crippen molar-refractivity contribution in [1.82, 2.24) is 9.97 Å². The largest absolute Gasteiger partial charge is 0.494 e. The zero-order chi connectivity index (χ0) is 23.4. The predicted octanol–water partition coefficient (Wildman–Crippen LogP) is 9.12. The minimum Gasteiger partial charge on any atom is -0.494 e. The van der Waals surface area contributed by atoms with Crippen LogP contribution in [0.1, 0.15) is 109 Å². The fraction of sp³-hybridized carbons (Fsp3) is 0.600. The topological polar surface area (TPSA) is 35.0 Å². The number of nitrogens with zero attached hydrogens (tertiary/aromatic N) is 2. The number of aryl methyl sites for hydroxylation is 1. The Balaban J connectivity index is 1.59. The van der Waals surface area contributed by atoms with E-state index in [0.717, 1.165) is 43.0 Å². The molecule has 1 heterocycles. The monoisotopic (exact) mass is 450 g/mol. The second-order valence-corrected chi connectivity index (χ2v) is 9.21. The van der Waals surface area contributed by atoms with Gasteiger partial charge in [-0.2, -0.15) is 0 Å². The third kappa shape index (κ3) is 12.6. The first-order valence-electron chi connectivity index (χ1n) is 13.5. The van der Waals surface area contributed by atoms with Gasteiger partial charge in [-0.3, -0.25) is 0 Å². The zero-order valence-corrected chi connectivity index (χ0v) is 21.1. The summed E-state index contributed by atoms with van der Waals surface area (Å²) in [5.74, 6) is 1.71. The molecule has 0 fully saturated rings. The normalized spacial score (nSPS) is 10.9. The Hall–Kier alpha value is -2.16. The van der Waals surface area contributed by atoms with Crippen LogP contribution in [0.3, 0.4) is 0 Å². The van der Waals surface area contributed by atoms with E-state index in [1.165, 1.54) is 89.0 Å². The highest BCUT2D eigenvalue weighted by molar-refractivity contribution is 5.55. The molecule has 0 unspecified atom stereocenters. The molecule has 0 saturated carbocycles. The van der Waals surface area contributed by atoms with Gasteiger partial charge in [0.2, 0.25) is 0 Å². The quantitative estimate of drug-likeness (QED) is 0.149. The molecule has 3 nitrogen and oxygen atoms in total. The fourth-order valence-electron chi connectivity index (χ4n) is 4.08. The summed E-state index contributed by atoms with van der Waals surface area (Å²) in [6, 6.07) is 8.16. The molecule has 0 aliphatic rings. The molecule has 1 aromatic heterocycles. The van der Waals surface area contributed by atoms with Crippen LogP contribution in [0.2, 0.25) is 0 Å². The maximum absolute atomic E-state index is 5.88. The van der Waals surface area contributed by atoms with Crippen LogP contribution in [-0.2, 0) is 6.42 Å². The number of benzene rings is 1. The van der Waals surface area contributed by atoms with Crippen molar-refractivity contribution < 1.29 is 4.74 Å². The van der Waals surface area contributed by atoms with E-state index in [0.29, 0.717) is 0 Å². The smallest absolute Gasteiger partial charge is 0.159 e. The van der Waals surface area contributed by atoms with Crippen LogP contribution in [0.15, 0.2) is 49.3 Å². The number of ether oxygens (including phenoxy) is 1. The van der Waals surface area contributed by atoms with E-state index >= 15 is 0 Å². The maximum atomic E-state index is 5.88. The summed E-state index contributed by atoms with van der Waals surface area (Å²) >= 11 is 0. The fourth-order valence-corrected chi connectivity index (χ4v) is 4.08. The van der Waals surface area contributed by atoms with E-state index in [1.807, 2.05) is 30.6 Å². The molecule has 2 rings (SSSR count). The highest BCUT2D eigenvalue weighted by Gasteiger charge is 2.03. The second kappa shape index (κ2) is 18.3. The Morgan fingerprint density at radius 3 is 1.94 bits per heavy atom. The lowest BCUT2D eigenvalue weighted by molar-refractivity contribution is 0.304. The van der Waals surface area contributed by atoms with Gasteiger partial charge in [0.25, 0.3) is 0 Å². The van der Waals surface area contributed by atoms with Crippen molar-refractivity contribution in [2.75, 3.05) is 6.61 Å². The Kier molecular flexibility index (Phi) is 15.0. The van der Waals surface area contributed by atoms with Gasteiger partial charge in [-0.05, 0) is 61.9 Å². The molecule has 0 N–H and O–H groups in total. The molecule has 0 radical (unpaired) electrons. The molecule has 0 bridgehead atoms. The lowest BCUT2D eigenvalue weighted by Gasteiger charge is -2.07. The average Bonchev–Trinajstić information content (AvgIpc) is 2.85. The van der Waals surface area contributed by atoms with Crippen molar-refractivity contribution >= 4 is 0 Å². The Morgan fingerprint density at radius 1 is 0.727 bits per heavy atom. The van der Waals surface area contributed by atoms with E-state index in [-0.39, 0.29) is 0 Å². The summed E-state index contributed by atoms with van der Waals surface area (Å²) < 4.78 is 5.88. The van der Waals surface area contributed by atoms with Gasteiger partial charge >= 0.3 is 0 Å². The number of rotatable bonds is 20. The van der Waals surface area contributed by atoms with Crippen LogP contribution in [-0.4, -0.2) is 16.6 Å². The summed E-state index contributed by atoms with van der Waals surface area (Å²) in [4.78, 5) is 9.19. The molecule has 0 atom stereocenters. The minimum atomic E-state index is 0.783. The Labute approximate surface area is 203 Å². The van der Waals surface area contributed by atoms with Crippen LogP contribution in [0.25, 0.3) is 11.4 Å². The lowest BCUT2D eigenvalue weighted by atomic mass is 10.1. The molecule has 1 aromatic carbocycles. The van der Waals surface area contributed by atoms with Gasteiger partial charge in [-0.1, -0.05) is 83.6 Å². The van der Waals surface area contributed by atoms with Gasteiger partial charge < -0.3 is 4.74 Å². The van der Waals surface area contributed by atoms with Crippen molar-refractivity contribution in [3.05, 3.63) is 54.9 Å². The van der Waals surface area contributed by atoms with Crippen molar-refractivity contribution in [2.24, 2.45) is 0 Å². The Bertz CT molecular complexity index is 724. The molecule has 0 saturated heterocycles. The summed E-state index contributed by atoms with van der Waals surface area (Å²) in [7, 11) is 0. The van der Waals surface area contributed by atoms with Gasteiger partial charge in [0.15, 0.2) is 5.82 Å². The Morgan fingerprint density at radius 2 is 1.30 bits per heavy atom. The molecular weight excluding hydrogens is 404 g/mol. The maximum Gasteiger partial charge on any atom is 0.159 e. The first kappa shape index (κ1) is 27.1. The van der Waals surface area contributed by atoms with Gasteiger partial charge in [0, 0.05) is 18.0 Å². The van der Waals surface area contributed by atoms with Gasteiger partial charge in [0.05, 0.1) is 6.61 Å². The molecular formula is C30H46N2O. The van der Waals surface area contributed by atoms with Crippen LogP contribution < -0.4 is 4.74 Å². The van der Waals surface area contributed by atoms with Crippen molar-refractivity contribution in [3.63, 3.8) is 0 Å².